The summed E-state index contributed by atoms with van der Waals surface area (Å²) >= 11 is 0. The van der Waals surface area contributed by atoms with Crippen LogP contribution in [0.4, 0.5) is 0 Å². The van der Waals surface area contributed by atoms with Crippen LogP contribution in [0.15, 0.2) is 12.4 Å². The number of aromatic nitrogens is 2. The average molecular weight is 192 g/mol. The summed E-state index contributed by atoms with van der Waals surface area (Å²) < 4.78 is 4.43. The first-order chi connectivity index (χ1) is 6.79. The third-order valence-corrected chi connectivity index (χ3v) is 2.46. The summed E-state index contributed by atoms with van der Waals surface area (Å²) in [5.41, 5.74) is 0. The molecule has 1 heterocycles. The Kier molecular flexibility index (Phi) is 4.18. The molecule has 1 aromatic rings. The van der Waals surface area contributed by atoms with E-state index in [0.29, 0.717) is 6.42 Å². The van der Waals surface area contributed by atoms with E-state index in [1.54, 1.807) is 0 Å². The van der Waals surface area contributed by atoms with Crippen molar-refractivity contribution in [1.82, 2.24) is 4.57 Å². The maximum Gasteiger partial charge on any atom is 0.255 e. The number of hydrogen-bond donors (Lipinski definition) is 0. The average Bonchev–Trinajstić information content (AvgIpc) is 2.54. The largest absolute Gasteiger partial charge is 0.255 e. The number of rotatable bonds is 5. The van der Waals surface area contributed by atoms with Crippen LogP contribution in [0.2, 0.25) is 0 Å². The Morgan fingerprint density at radius 1 is 1.50 bits per heavy atom. The van der Waals surface area contributed by atoms with Gasteiger partial charge in [-0.3, -0.25) is 0 Å². The first-order valence-electron chi connectivity index (χ1n) is 5.20. The summed E-state index contributed by atoms with van der Waals surface area (Å²) in [7, 11) is 2.07. The zero-order valence-corrected chi connectivity index (χ0v) is 9.03. The molecule has 0 amide bonds. The molecule has 3 heteroatoms. The molecular formula is C11H18N3+. The minimum Gasteiger partial charge on any atom is -0.237 e. The highest BCUT2D eigenvalue weighted by Crippen LogP contribution is 2.01. The molecule has 0 unspecified atom stereocenters. The van der Waals surface area contributed by atoms with Gasteiger partial charge in [0.25, 0.3) is 5.82 Å². The molecule has 1 rings (SSSR count). The third kappa shape index (κ3) is 2.59. The number of hydrogen-bond acceptors (Lipinski definition) is 1. The summed E-state index contributed by atoms with van der Waals surface area (Å²) in [6.07, 6.45) is 8.03. The minimum absolute atomic E-state index is 0.675. The SMILES string of the molecule is CCc1n(CCCCC#N)cc[n+]1C. The molecule has 0 aliphatic heterocycles. The van der Waals surface area contributed by atoms with Crippen LogP contribution >= 0.6 is 0 Å². The van der Waals surface area contributed by atoms with Crippen LogP contribution in [0.3, 0.4) is 0 Å². The lowest BCUT2D eigenvalue weighted by Gasteiger charge is -1.99. The summed E-state index contributed by atoms with van der Waals surface area (Å²) in [6.45, 7) is 3.20. The predicted octanol–water partition coefficient (Wildman–Crippen LogP) is 1.57. The molecule has 1 aromatic heterocycles. The van der Waals surface area contributed by atoms with Crippen LogP contribution in [0.25, 0.3) is 0 Å². The molecule has 76 valence electrons. The van der Waals surface area contributed by atoms with Crippen LogP contribution in [-0.2, 0) is 20.0 Å². The molecule has 0 bridgehead atoms. The van der Waals surface area contributed by atoms with Gasteiger partial charge in [-0.2, -0.15) is 5.26 Å². The molecule has 0 aromatic carbocycles. The Balaban J connectivity index is 2.46. The lowest BCUT2D eigenvalue weighted by molar-refractivity contribution is -0.678. The molecule has 14 heavy (non-hydrogen) atoms. The van der Waals surface area contributed by atoms with E-state index in [4.69, 9.17) is 5.26 Å². The first kappa shape index (κ1) is 10.8. The van der Waals surface area contributed by atoms with Crippen molar-refractivity contribution in [3.8, 4) is 6.07 Å². The van der Waals surface area contributed by atoms with Gasteiger partial charge in [0.1, 0.15) is 12.4 Å². The molecule has 0 aliphatic carbocycles. The van der Waals surface area contributed by atoms with Crippen molar-refractivity contribution in [2.45, 2.75) is 39.2 Å². The highest BCUT2D eigenvalue weighted by atomic mass is 15.1. The molecule has 0 atom stereocenters. The molecule has 0 N–H and O–H groups in total. The van der Waals surface area contributed by atoms with Gasteiger partial charge in [0.05, 0.1) is 19.7 Å². The number of imidazole rings is 1. The predicted molar refractivity (Wildman–Crippen MR) is 54.5 cm³/mol. The minimum atomic E-state index is 0.675. The number of unbranched alkanes of at least 4 members (excludes halogenated alkanes) is 2. The van der Waals surface area contributed by atoms with E-state index in [1.807, 2.05) is 0 Å². The normalized spacial score (nSPS) is 10.1. The molecular weight excluding hydrogens is 174 g/mol. The van der Waals surface area contributed by atoms with Gasteiger partial charge in [-0.05, 0) is 12.8 Å². The lowest BCUT2D eigenvalue weighted by atomic mass is 10.2. The Bertz CT molecular complexity index is 320. The second-order valence-corrected chi connectivity index (χ2v) is 3.49. The van der Waals surface area contributed by atoms with E-state index in [1.165, 1.54) is 5.82 Å². The van der Waals surface area contributed by atoms with Gasteiger partial charge in [-0.15, -0.1) is 0 Å². The second-order valence-electron chi connectivity index (χ2n) is 3.49. The molecule has 0 saturated carbocycles. The summed E-state index contributed by atoms with van der Waals surface area (Å²) in [5, 5.41) is 8.41. The van der Waals surface area contributed by atoms with Gasteiger partial charge in [-0.1, -0.05) is 6.92 Å². The van der Waals surface area contributed by atoms with Gasteiger partial charge in [0.2, 0.25) is 0 Å². The fraction of sp³-hybridized carbons (Fsp3) is 0.636. The Labute approximate surface area is 85.6 Å². The van der Waals surface area contributed by atoms with Gasteiger partial charge in [0, 0.05) is 12.8 Å². The van der Waals surface area contributed by atoms with E-state index in [0.717, 1.165) is 25.8 Å². The zero-order chi connectivity index (χ0) is 10.4. The molecule has 0 fully saturated rings. The number of aryl methyl sites for hydroxylation is 2. The molecule has 0 saturated heterocycles. The second kappa shape index (κ2) is 5.43. The van der Waals surface area contributed by atoms with Crippen molar-refractivity contribution >= 4 is 0 Å². The van der Waals surface area contributed by atoms with Gasteiger partial charge >= 0.3 is 0 Å². The van der Waals surface area contributed by atoms with Crippen molar-refractivity contribution < 1.29 is 4.57 Å². The fourth-order valence-corrected chi connectivity index (χ4v) is 1.70. The summed E-state index contributed by atoms with van der Waals surface area (Å²) in [4.78, 5) is 0. The van der Waals surface area contributed by atoms with Crippen molar-refractivity contribution in [3.63, 3.8) is 0 Å². The lowest BCUT2D eigenvalue weighted by Crippen LogP contribution is -2.31. The van der Waals surface area contributed by atoms with Crippen LogP contribution < -0.4 is 4.57 Å². The van der Waals surface area contributed by atoms with E-state index in [-0.39, 0.29) is 0 Å². The zero-order valence-electron chi connectivity index (χ0n) is 9.03. The highest BCUT2D eigenvalue weighted by Gasteiger charge is 2.10. The Morgan fingerprint density at radius 2 is 2.29 bits per heavy atom. The molecule has 0 radical (unpaired) electrons. The van der Waals surface area contributed by atoms with Crippen molar-refractivity contribution in [2.24, 2.45) is 7.05 Å². The van der Waals surface area contributed by atoms with Crippen molar-refractivity contribution in [3.05, 3.63) is 18.2 Å². The quantitative estimate of drug-likeness (QED) is 0.515. The maximum absolute atomic E-state index is 8.41. The smallest absolute Gasteiger partial charge is 0.237 e. The monoisotopic (exact) mass is 192 g/mol. The van der Waals surface area contributed by atoms with Gasteiger partial charge < -0.3 is 0 Å². The van der Waals surface area contributed by atoms with Crippen LogP contribution in [0.1, 0.15) is 32.0 Å². The number of nitrogens with zero attached hydrogens (tertiary/aromatic N) is 3. The van der Waals surface area contributed by atoms with E-state index >= 15 is 0 Å². The topological polar surface area (TPSA) is 32.6 Å². The van der Waals surface area contributed by atoms with E-state index in [9.17, 15) is 0 Å². The van der Waals surface area contributed by atoms with Crippen LogP contribution in [-0.4, -0.2) is 4.57 Å². The van der Waals surface area contributed by atoms with E-state index < -0.39 is 0 Å². The van der Waals surface area contributed by atoms with Crippen molar-refractivity contribution in [2.75, 3.05) is 0 Å². The summed E-state index contributed by atoms with van der Waals surface area (Å²) in [6, 6.07) is 2.17. The standard InChI is InChI=1S/C11H18N3/c1-3-11-13(2)9-10-14(11)8-6-4-5-7-12/h9-10H,3-6,8H2,1-2H3/q+1. The molecule has 0 spiro atoms. The fourth-order valence-electron chi connectivity index (χ4n) is 1.70. The van der Waals surface area contributed by atoms with Crippen molar-refractivity contribution in [1.29, 1.82) is 5.26 Å². The van der Waals surface area contributed by atoms with E-state index in [2.05, 4.69) is 41.6 Å². The maximum atomic E-state index is 8.41. The van der Waals surface area contributed by atoms with Crippen LogP contribution in [0, 0.1) is 11.3 Å². The third-order valence-electron chi connectivity index (χ3n) is 2.46. The van der Waals surface area contributed by atoms with Crippen LogP contribution in [0.5, 0.6) is 0 Å². The summed E-state index contributed by atoms with van der Waals surface area (Å²) in [5.74, 6) is 1.35. The molecule has 3 nitrogen and oxygen atoms in total. The van der Waals surface area contributed by atoms with Gasteiger partial charge in [-0.25, -0.2) is 9.13 Å². The Morgan fingerprint density at radius 3 is 2.93 bits per heavy atom. The Hall–Kier alpha value is -1.30. The number of nitriles is 1. The van der Waals surface area contributed by atoms with Gasteiger partial charge in [0.15, 0.2) is 0 Å². The highest BCUT2D eigenvalue weighted by molar-refractivity contribution is 4.82. The molecule has 0 aliphatic rings. The first-order valence-corrected chi connectivity index (χ1v) is 5.20.